The lowest BCUT2D eigenvalue weighted by molar-refractivity contribution is 0.0888. The number of hydrogen-bond donors (Lipinski definition) is 2. The molecular weight excluding hydrogens is 224 g/mol. The van der Waals surface area contributed by atoms with E-state index in [0.29, 0.717) is 12.1 Å². The topological polar surface area (TPSA) is 55.1 Å². The molecule has 0 saturated carbocycles. The molecule has 100 valence electrons. The molecule has 0 atom stereocenters. The van der Waals surface area contributed by atoms with Crippen LogP contribution in [0.5, 0.6) is 0 Å². The van der Waals surface area contributed by atoms with Crippen molar-refractivity contribution >= 4 is 5.91 Å². The molecule has 3 N–H and O–H groups in total. The van der Waals surface area contributed by atoms with Crippen molar-refractivity contribution in [3.8, 4) is 0 Å². The van der Waals surface area contributed by atoms with Gasteiger partial charge in [-0.2, -0.15) is 0 Å². The molecule has 3 heteroatoms. The summed E-state index contributed by atoms with van der Waals surface area (Å²) in [5.41, 5.74) is 7.20. The van der Waals surface area contributed by atoms with Crippen LogP contribution in [0.2, 0.25) is 0 Å². The molecule has 0 aliphatic rings. The summed E-state index contributed by atoms with van der Waals surface area (Å²) in [6.45, 7) is 6.85. The number of carbonyl (C=O) groups excluding carboxylic acids is 1. The Kier molecular flexibility index (Phi) is 5.35. The zero-order chi connectivity index (χ0) is 13.6. The molecule has 0 radical (unpaired) electrons. The maximum atomic E-state index is 12.2. The Morgan fingerprint density at radius 2 is 1.61 bits per heavy atom. The van der Waals surface area contributed by atoms with Gasteiger partial charge < -0.3 is 11.1 Å². The Labute approximate surface area is 110 Å². The van der Waals surface area contributed by atoms with Crippen LogP contribution in [0.25, 0.3) is 0 Å². The van der Waals surface area contributed by atoms with E-state index in [2.05, 4.69) is 26.1 Å². The summed E-state index contributed by atoms with van der Waals surface area (Å²) in [6, 6.07) is 7.48. The van der Waals surface area contributed by atoms with E-state index in [0.717, 1.165) is 24.8 Å². The first kappa shape index (κ1) is 14.7. The highest BCUT2D eigenvalue weighted by molar-refractivity contribution is 5.94. The lowest BCUT2D eigenvalue weighted by Crippen LogP contribution is -2.47. The fraction of sp³-hybridized carbons (Fsp3) is 0.533. The molecule has 0 saturated heterocycles. The Morgan fingerprint density at radius 3 is 2.00 bits per heavy atom. The second kappa shape index (κ2) is 6.55. The van der Waals surface area contributed by atoms with Gasteiger partial charge in [0.05, 0.1) is 0 Å². The van der Waals surface area contributed by atoms with E-state index in [-0.39, 0.29) is 11.4 Å². The molecule has 0 heterocycles. The van der Waals surface area contributed by atoms with Crippen LogP contribution in [-0.4, -0.2) is 11.4 Å². The summed E-state index contributed by atoms with van der Waals surface area (Å²) in [7, 11) is 0. The maximum absolute atomic E-state index is 12.2. The summed E-state index contributed by atoms with van der Waals surface area (Å²) >= 11 is 0. The number of amides is 1. The Balaban J connectivity index is 2.80. The van der Waals surface area contributed by atoms with Gasteiger partial charge in [0.25, 0.3) is 5.91 Å². The maximum Gasteiger partial charge on any atom is 0.251 e. The molecule has 0 fully saturated rings. The number of hydrogen-bond acceptors (Lipinski definition) is 2. The van der Waals surface area contributed by atoms with Gasteiger partial charge >= 0.3 is 0 Å². The van der Waals surface area contributed by atoms with Crippen LogP contribution in [0.3, 0.4) is 0 Å². The number of rotatable bonds is 6. The van der Waals surface area contributed by atoms with Gasteiger partial charge in [0.2, 0.25) is 0 Å². The van der Waals surface area contributed by atoms with Gasteiger partial charge in [0.15, 0.2) is 0 Å². The highest BCUT2D eigenvalue weighted by Crippen LogP contribution is 2.20. The summed E-state index contributed by atoms with van der Waals surface area (Å²) in [6.07, 6.45) is 2.85. The zero-order valence-corrected chi connectivity index (χ0v) is 11.6. The van der Waals surface area contributed by atoms with Crippen LogP contribution in [-0.2, 0) is 6.54 Å². The van der Waals surface area contributed by atoms with Crippen molar-refractivity contribution in [1.29, 1.82) is 0 Å². The largest absolute Gasteiger partial charge is 0.347 e. The van der Waals surface area contributed by atoms with Gasteiger partial charge in [-0.15, -0.1) is 0 Å². The van der Waals surface area contributed by atoms with E-state index in [1.165, 1.54) is 0 Å². The second-order valence-electron chi connectivity index (χ2n) is 4.70. The van der Waals surface area contributed by atoms with Crippen LogP contribution >= 0.6 is 0 Å². The lowest BCUT2D eigenvalue weighted by Gasteiger charge is -2.31. The van der Waals surface area contributed by atoms with Crippen LogP contribution in [0.4, 0.5) is 0 Å². The Bertz CT molecular complexity index is 372. The van der Waals surface area contributed by atoms with Crippen molar-refractivity contribution in [1.82, 2.24) is 5.32 Å². The number of benzene rings is 1. The zero-order valence-electron chi connectivity index (χ0n) is 11.6. The van der Waals surface area contributed by atoms with Crippen molar-refractivity contribution in [2.24, 2.45) is 5.73 Å². The minimum absolute atomic E-state index is 0.00382. The summed E-state index contributed by atoms with van der Waals surface area (Å²) in [5, 5.41) is 3.16. The average molecular weight is 248 g/mol. The van der Waals surface area contributed by atoms with Crippen molar-refractivity contribution in [3.63, 3.8) is 0 Å². The fourth-order valence-corrected chi connectivity index (χ4v) is 2.12. The molecule has 0 aromatic heterocycles. The first-order chi connectivity index (χ1) is 8.60. The fourth-order valence-electron chi connectivity index (χ4n) is 2.12. The Hall–Kier alpha value is -1.35. The van der Waals surface area contributed by atoms with Crippen LogP contribution < -0.4 is 11.1 Å². The molecule has 0 aliphatic heterocycles. The van der Waals surface area contributed by atoms with Gasteiger partial charge in [0, 0.05) is 17.6 Å². The summed E-state index contributed by atoms with van der Waals surface area (Å²) in [4.78, 5) is 12.2. The smallest absolute Gasteiger partial charge is 0.251 e. The highest BCUT2D eigenvalue weighted by Gasteiger charge is 2.26. The number of carbonyl (C=O) groups is 1. The summed E-state index contributed by atoms with van der Waals surface area (Å²) in [5.74, 6) is 0.00382. The molecule has 1 aromatic rings. The van der Waals surface area contributed by atoms with E-state index >= 15 is 0 Å². The molecule has 0 unspecified atom stereocenters. The molecule has 0 spiro atoms. The third-order valence-corrected chi connectivity index (χ3v) is 3.86. The van der Waals surface area contributed by atoms with Crippen LogP contribution in [0, 0.1) is 0 Å². The normalized spacial score (nSPS) is 11.3. The van der Waals surface area contributed by atoms with Crippen molar-refractivity contribution in [3.05, 3.63) is 35.4 Å². The van der Waals surface area contributed by atoms with E-state index in [1.807, 2.05) is 24.3 Å². The van der Waals surface area contributed by atoms with Crippen molar-refractivity contribution in [2.45, 2.75) is 52.1 Å². The molecule has 3 nitrogen and oxygen atoms in total. The first-order valence-corrected chi connectivity index (χ1v) is 6.72. The molecular formula is C15H24N2O. The standard InChI is InChI=1S/C15H24N2O/c1-4-15(5-2,6-3)17-14(18)13-9-7-12(11-16)8-10-13/h7-10H,4-6,11,16H2,1-3H3,(H,17,18). The van der Waals surface area contributed by atoms with E-state index in [9.17, 15) is 4.79 Å². The SMILES string of the molecule is CCC(CC)(CC)NC(=O)c1ccc(CN)cc1. The Morgan fingerprint density at radius 1 is 1.11 bits per heavy atom. The minimum Gasteiger partial charge on any atom is -0.347 e. The monoisotopic (exact) mass is 248 g/mol. The van der Waals surface area contributed by atoms with Crippen LogP contribution in [0.1, 0.15) is 56.0 Å². The van der Waals surface area contributed by atoms with Gasteiger partial charge in [-0.25, -0.2) is 0 Å². The molecule has 1 aromatic carbocycles. The summed E-state index contributed by atoms with van der Waals surface area (Å²) < 4.78 is 0. The molecule has 0 aliphatic carbocycles. The van der Waals surface area contributed by atoms with E-state index in [1.54, 1.807) is 0 Å². The average Bonchev–Trinajstić information content (AvgIpc) is 2.45. The van der Waals surface area contributed by atoms with E-state index < -0.39 is 0 Å². The van der Waals surface area contributed by atoms with E-state index in [4.69, 9.17) is 5.73 Å². The second-order valence-corrected chi connectivity index (χ2v) is 4.70. The highest BCUT2D eigenvalue weighted by atomic mass is 16.1. The third kappa shape index (κ3) is 3.33. The first-order valence-electron chi connectivity index (χ1n) is 6.72. The van der Waals surface area contributed by atoms with Crippen molar-refractivity contribution in [2.75, 3.05) is 0 Å². The predicted octanol–water partition coefficient (Wildman–Crippen LogP) is 2.84. The van der Waals surface area contributed by atoms with Crippen molar-refractivity contribution < 1.29 is 4.79 Å². The van der Waals surface area contributed by atoms with Gasteiger partial charge in [-0.3, -0.25) is 4.79 Å². The van der Waals surface area contributed by atoms with Crippen LogP contribution in [0.15, 0.2) is 24.3 Å². The lowest BCUT2D eigenvalue weighted by atomic mass is 9.89. The molecule has 1 amide bonds. The molecule has 0 bridgehead atoms. The quantitative estimate of drug-likeness (QED) is 0.813. The molecule has 18 heavy (non-hydrogen) atoms. The molecule has 1 rings (SSSR count). The predicted molar refractivity (Wildman–Crippen MR) is 75.4 cm³/mol. The third-order valence-electron chi connectivity index (χ3n) is 3.86. The number of nitrogens with one attached hydrogen (secondary N) is 1. The minimum atomic E-state index is -0.0797. The van der Waals surface area contributed by atoms with Gasteiger partial charge in [-0.05, 0) is 37.0 Å². The number of nitrogens with two attached hydrogens (primary N) is 1. The van der Waals surface area contributed by atoms with Gasteiger partial charge in [-0.1, -0.05) is 32.9 Å². The van der Waals surface area contributed by atoms with Gasteiger partial charge in [0.1, 0.15) is 0 Å².